The largest absolute Gasteiger partial charge is 0.479 e. The molecule has 1 saturated heterocycles. The predicted molar refractivity (Wildman–Crippen MR) is 94.1 cm³/mol. The van der Waals surface area contributed by atoms with E-state index in [4.69, 9.17) is 9.84 Å². The van der Waals surface area contributed by atoms with Crippen molar-refractivity contribution in [3.05, 3.63) is 47.3 Å². The molecule has 0 bridgehead atoms. The lowest BCUT2D eigenvalue weighted by molar-refractivity contribution is -0.160. The smallest absolute Gasteiger partial charge is 0.334 e. The van der Waals surface area contributed by atoms with Gasteiger partial charge in [-0.3, -0.25) is 4.79 Å². The van der Waals surface area contributed by atoms with Gasteiger partial charge in [-0.25, -0.2) is 13.2 Å². The lowest BCUT2D eigenvalue weighted by atomic mass is 10.2. The first kappa shape index (κ1) is 18.6. The van der Waals surface area contributed by atoms with E-state index in [0.717, 1.165) is 11.3 Å². The fourth-order valence-corrected chi connectivity index (χ4v) is 5.40. The van der Waals surface area contributed by atoms with Gasteiger partial charge in [0.05, 0.1) is 22.4 Å². The molecule has 1 fully saturated rings. The van der Waals surface area contributed by atoms with Crippen molar-refractivity contribution in [1.29, 1.82) is 0 Å². The highest BCUT2D eigenvalue weighted by atomic mass is 32.2. The second kappa shape index (κ2) is 7.18. The molecule has 2 atom stereocenters. The highest BCUT2D eigenvalue weighted by molar-refractivity contribution is 7.93. The number of amides is 1. The molecule has 2 aromatic rings. The topological polar surface area (TPSA) is 101 Å². The van der Waals surface area contributed by atoms with Gasteiger partial charge in [0.25, 0.3) is 5.91 Å². The lowest BCUT2D eigenvalue weighted by Crippen LogP contribution is -2.51. The number of aliphatic carboxylic acids is 1. The van der Waals surface area contributed by atoms with Crippen LogP contribution in [0.4, 0.5) is 0 Å². The maximum atomic E-state index is 12.7. The number of carbonyl (C=O) groups is 2. The molecule has 1 aliphatic heterocycles. The zero-order valence-corrected chi connectivity index (χ0v) is 15.5. The summed E-state index contributed by atoms with van der Waals surface area (Å²) in [4.78, 5) is 25.6. The molecule has 2 heterocycles. The van der Waals surface area contributed by atoms with Crippen LogP contribution in [0.2, 0.25) is 0 Å². The molecule has 1 N–H and O–H groups in total. The van der Waals surface area contributed by atoms with Gasteiger partial charge in [0.1, 0.15) is 4.21 Å². The Labute approximate surface area is 154 Å². The summed E-state index contributed by atoms with van der Waals surface area (Å²) in [5, 5.41) is 9.12. The van der Waals surface area contributed by atoms with Crippen LogP contribution in [0.5, 0.6) is 0 Å². The van der Waals surface area contributed by atoms with E-state index in [2.05, 4.69) is 0 Å². The second-order valence-corrected chi connectivity index (χ2v) is 9.18. The third-order valence-corrected chi connectivity index (χ3v) is 7.27. The third-order valence-electron chi connectivity index (χ3n) is 3.93. The Morgan fingerprint density at radius 1 is 1.15 bits per heavy atom. The number of ether oxygens (including phenoxy) is 1. The minimum atomic E-state index is -3.69. The van der Waals surface area contributed by atoms with Crippen molar-refractivity contribution in [1.82, 2.24) is 4.90 Å². The average molecular weight is 395 g/mol. The SMILES string of the molecule is C[C@@H]1CN(C(=O)c2ccc(S(=O)(=O)c3ccccc3)s2)CC(C(=O)O)O1. The van der Waals surface area contributed by atoms with E-state index < -0.39 is 33.9 Å². The Balaban J connectivity index is 1.83. The molecule has 0 saturated carbocycles. The molecular formula is C17H17NO6S2. The first-order chi connectivity index (χ1) is 12.3. The summed E-state index contributed by atoms with van der Waals surface area (Å²) in [6.07, 6.45) is -1.50. The fraction of sp³-hybridized carbons (Fsp3) is 0.294. The Hall–Kier alpha value is -2.23. The van der Waals surface area contributed by atoms with Crippen LogP contribution in [0.1, 0.15) is 16.6 Å². The molecule has 1 aliphatic rings. The molecule has 0 spiro atoms. The number of carboxylic acids is 1. The summed E-state index contributed by atoms with van der Waals surface area (Å²) in [6, 6.07) is 10.8. The number of morpholine rings is 1. The van der Waals surface area contributed by atoms with Crippen LogP contribution in [0.15, 0.2) is 51.6 Å². The van der Waals surface area contributed by atoms with Crippen LogP contribution in [-0.2, 0) is 19.4 Å². The van der Waals surface area contributed by atoms with Gasteiger partial charge in [0, 0.05) is 6.54 Å². The Kier molecular flexibility index (Phi) is 5.12. The van der Waals surface area contributed by atoms with E-state index in [1.54, 1.807) is 25.1 Å². The van der Waals surface area contributed by atoms with Crippen LogP contribution < -0.4 is 0 Å². The van der Waals surface area contributed by atoms with Gasteiger partial charge < -0.3 is 14.7 Å². The molecule has 0 radical (unpaired) electrons. The van der Waals surface area contributed by atoms with Crippen molar-refractivity contribution in [2.75, 3.05) is 13.1 Å². The molecule has 138 valence electrons. The second-order valence-electron chi connectivity index (χ2n) is 5.92. The summed E-state index contributed by atoms with van der Waals surface area (Å²) in [5.74, 6) is -1.53. The van der Waals surface area contributed by atoms with Gasteiger partial charge in [-0.15, -0.1) is 11.3 Å². The van der Waals surface area contributed by atoms with E-state index in [1.165, 1.54) is 29.2 Å². The molecule has 1 aromatic heterocycles. The van der Waals surface area contributed by atoms with Crippen LogP contribution in [0.25, 0.3) is 0 Å². The van der Waals surface area contributed by atoms with Crippen LogP contribution >= 0.6 is 11.3 Å². The maximum Gasteiger partial charge on any atom is 0.334 e. The minimum Gasteiger partial charge on any atom is -0.479 e. The molecule has 0 aliphatic carbocycles. The first-order valence-corrected chi connectivity index (χ1v) is 10.2. The number of carboxylic acid groups (broad SMARTS) is 1. The monoisotopic (exact) mass is 395 g/mol. The molecule has 3 rings (SSSR count). The quantitative estimate of drug-likeness (QED) is 0.848. The minimum absolute atomic E-state index is 0.0722. The van der Waals surface area contributed by atoms with Crippen molar-refractivity contribution in [2.24, 2.45) is 0 Å². The number of benzene rings is 1. The standard InChI is InChI=1S/C17H17NO6S2/c1-11-9-18(10-13(24-11)17(20)21)16(19)14-7-8-15(25-14)26(22,23)12-5-3-2-4-6-12/h2-8,11,13H,9-10H2,1H3,(H,20,21)/t11-,13?/m1/s1. The van der Waals surface area contributed by atoms with Gasteiger partial charge in [-0.05, 0) is 31.2 Å². The van der Waals surface area contributed by atoms with Gasteiger partial charge in [-0.2, -0.15) is 0 Å². The van der Waals surface area contributed by atoms with Gasteiger partial charge in [-0.1, -0.05) is 18.2 Å². The number of sulfone groups is 1. The van der Waals surface area contributed by atoms with Crippen LogP contribution in [0.3, 0.4) is 0 Å². The van der Waals surface area contributed by atoms with Crippen molar-refractivity contribution in [3.63, 3.8) is 0 Å². The highest BCUT2D eigenvalue weighted by Crippen LogP contribution is 2.29. The van der Waals surface area contributed by atoms with Crippen molar-refractivity contribution in [3.8, 4) is 0 Å². The molecular weight excluding hydrogens is 378 g/mol. The molecule has 1 aromatic carbocycles. The van der Waals surface area contributed by atoms with Gasteiger partial charge in [0.15, 0.2) is 6.10 Å². The molecule has 26 heavy (non-hydrogen) atoms. The van der Waals surface area contributed by atoms with Crippen molar-refractivity contribution in [2.45, 2.75) is 28.2 Å². The van der Waals surface area contributed by atoms with Crippen molar-refractivity contribution < 1.29 is 27.9 Å². The highest BCUT2D eigenvalue weighted by Gasteiger charge is 2.34. The molecule has 9 heteroatoms. The zero-order valence-electron chi connectivity index (χ0n) is 13.9. The lowest BCUT2D eigenvalue weighted by Gasteiger charge is -2.34. The number of hydrogen-bond acceptors (Lipinski definition) is 6. The van der Waals surface area contributed by atoms with E-state index in [0.29, 0.717) is 0 Å². The Bertz CT molecular complexity index is 922. The van der Waals surface area contributed by atoms with Gasteiger partial charge in [0.2, 0.25) is 9.84 Å². The predicted octanol–water partition coefficient (Wildman–Crippen LogP) is 1.90. The molecule has 7 nitrogen and oxygen atoms in total. The first-order valence-electron chi connectivity index (χ1n) is 7.86. The van der Waals surface area contributed by atoms with Crippen LogP contribution in [0, 0.1) is 0 Å². The van der Waals surface area contributed by atoms with E-state index in [9.17, 15) is 18.0 Å². The van der Waals surface area contributed by atoms with E-state index in [1.807, 2.05) is 0 Å². The zero-order chi connectivity index (χ0) is 18.9. The number of nitrogens with zero attached hydrogens (tertiary/aromatic N) is 1. The summed E-state index contributed by atoms with van der Waals surface area (Å²) in [6.45, 7) is 1.87. The maximum absolute atomic E-state index is 12.7. The van der Waals surface area contributed by atoms with Gasteiger partial charge >= 0.3 is 5.97 Å². The normalized spacial score (nSPS) is 20.7. The average Bonchev–Trinajstić information content (AvgIpc) is 3.12. The third kappa shape index (κ3) is 3.64. The number of carbonyl (C=O) groups excluding carboxylic acids is 1. The Morgan fingerprint density at radius 2 is 1.85 bits per heavy atom. The summed E-state index contributed by atoms with van der Waals surface area (Å²) >= 11 is 0.880. The van der Waals surface area contributed by atoms with Crippen molar-refractivity contribution >= 4 is 33.1 Å². The number of thiophene rings is 1. The molecule has 1 amide bonds. The number of hydrogen-bond donors (Lipinski definition) is 1. The fourth-order valence-electron chi connectivity index (χ4n) is 2.70. The Morgan fingerprint density at radius 3 is 2.50 bits per heavy atom. The number of rotatable bonds is 4. The van der Waals surface area contributed by atoms with Crippen LogP contribution in [-0.4, -0.2) is 55.6 Å². The van der Waals surface area contributed by atoms with E-state index in [-0.39, 0.29) is 27.1 Å². The molecule has 1 unspecified atom stereocenters. The summed E-state index contributed by atoms with van der Waals surface area (Å²) in [7, 11) is -3.69. The summed E-state index contributed by atoms with van der Waals surface area (Å²) < 4.78 is 30.6. The van der Waals surface area contributed by atoms with E-state index >= 15 is 0 Å². The summed E-state index contributed by atoms with van der Waals surface area (Å²) in [5.41, 5.74) is 0.